The van der Waals surface area contributed by atoms with Crippen molar-refractivity contribution in [3.63, 3.8) is 0 Å². The molecule has 0 aromatic heterocycles. The number of fused-ring (bicyclic) bond motifs is 1. The lowest BCUT2D eigenvalue weighted by Crippen LogP contribution is -2.50. The van der Waals surface area contributed by atoms with E-state index in [1.807, 2.05) is 43.3 Å². The second-order valence-corrected chi connectivity index (χ2v) is 12.8. The molecule has 0 bridgehead atoms. The summed E-state index contributed by atoms with van der Waals surface area (Å²) >= 11 is 6.25. The Bertz CT molecular complexity index is 1500. The highest BCUT2D eigenvalue weighted by Crippen LogP contribution is 2.35. The van der Waals surface area contributed by atoms with Crippen LogP contribution in [-0.4, -0.2) is 63.7 Å². The summed E-state index contributed by atoms with van der Waals surface area (Å²) in [4.78, 5) is 29.0. The van der Waals surface area contributed by atoms with E-state index in [9.17, 15) is 18.0 Å². The van der Waals surface area contributed by atoms with Gasteiger partial charge < -0.3 is 19.7 Å². The molecule has 0 saturated heterocycles. The van der Waals surface area contributed by atoms with Crippen LogP contribution in [0.4, 0.5) is 5.69 Å². The first-order valence-corrected chi connectivity index (χ1v) is 16.6. The summed E-state index contributed by atoms with van der Waals surface area (Å²) in [5, 5.41) is 3.49. The number of carbonyl (C=O) groups excluding carboxylic acids is 2. The Kier molecular flexibility index (Phi) is 11.3. The monoisotopic (exact) mass is 627 g/mol. The third-order valence-corrected chi connectivity index (χ3v) is 8.46. The van der Waals surface area contributed by atoms with Crippen LogP contribution in [0.15, 0.2) is 72.8 Å². The number of hydrogen-bond acceptors (Lipinski definition) is 6. The van der Waals surface area contributed by atoms with Crippen LogP contribution in [0.5, 0.6) is 11.5 Å². The van der Waals surface area contributed by atoms with Gasteiger partial charge in [-0.1, -0.05) is 61.0 Å². The van der Waals surface area contributed by atoms with Crippen molar-refractivity contribution in [2.75, 3.05) is 36.9 Å². The van der Waals surface area contributed by atoms with Gasteiger partial charge >= 0.3 is 0 Å². The van der Waals surface area contributed by atoms with Crippen molar-refractivity contribution in [1.82, 2.24) is 10.2 Å². The number of carbonyl (C=O) groups is 2. The summed E-state index contributed by atoms with van der Waals surface area (Å²) in [6.45, 7) is 3.51. The van der Waals surface area contributed by atoms with Crippen LogP contribution in [0.1, 0.15) is 37.3 Å². The van der Waals surface area contributed by atoms with Crippen molar-refractivity contribution >= 4 is 39.1 Å². The third kappa shape index (κ3) is 9.11. The number of rotatable bonds is 14. The Morgan fingerprint density at radius 1 is 0.953 bits per heavy atom. The zero-order valence-corrected chi connectivity index (χ0v) is 26.1. The lowest BCUT2D eigenvalue weighted by Gasteiger charge is -2.32. The van der Waals surface area contributed by atoms with Crippen molar-refractivity contribution in [1.29, 1.82) is 0 Å². The van der Waals surface area contributed by atoms with Crippen molar-refractivity contribution in [2.24, 2.45) is 0 Å². The van der Waals surface area contributed by atoms with Gasteiger partial charge in [0.25, 0.3) is 0 Å². The Morgan fingerprint density at radius 3 is 2.37 bits per heavy atom. The van der Waals surface area contributed by atoms with Crippen LogP contribution < -0.4 is 19.1 Å². The third-order valence-electron chi connectivity index (χ3n) is 7.03. The molecule has 9 nitrogen and oxygen atoms in total. The van der Waals surface area contributed by atoms with Crippen LogP contribution in [0.25, 0.3) is 0 Å². The number of halogens is 1. The van der Waals surface area contributed by atoms with Crippen LogP contribution in [0.3, 0.4) is 0 Å². The van der Waals surface area contributed by atoms with Crippen molar-refractivity contribution in [3.8, 4) is 11.5 Å². The number of sulfonamides is 1. The number of ether oxygens (including phenoxy) is 2. The Morgan fingerprint density at radius 2 is 1.67 bits per heavy atom. The molecule has 4 rings (SSSR count). The number of nitrogens with one attached hydrogen (secondary N) is 1. The first kappa shape index (κ1) is 32.2. The first-order valence-electron chi connectivity index (χ1n) is 14.4. The summed E-state index contributed by atoms with van der Waals surface area (Å²) in [7, 11) is -3.66. The van der Waals surface area contributed by atoms with Gasteiger partial charge in [0.2, 0.25) is 21.8 Å². The average Bonchev–Trinajstić information content (AvgIpc) is 2.99. The fourth-order valence-electron chi connectivity index (χ4n) is 4.94. The molecule has 1 atom stereocenters. The van der Waals surface area contributed by atoms with E-state index in [0.717, 1.165) is 23.8 Å². The van der Waals surface area contributed by atoms with E-state index in [0.29, 0.717) is 48.4 Å². The van der Waals surface area contributed by atoms with Gasteiger partial charge in [0, 0.05) is 43.6 Å². The number of benzene rings is 3. The van der Waals surface area contributed by atoms with Crippen LogP contribution in [-0.2, 0) is 32.6 Å². The summed E-state index contributed by atoms with van der Waals surface area (Å²) in [6.07, 6.45) is 2.48. The Labute approximate surface area is 258 Å². The summed E-state index contributed by atoms with van der Waals surface area (Å²) in [5.74, 6) is 0.530. The summed E-state index contributed by atoms with van der Waals surface area (Å²) in [6, 6.07) is 21.0. The molecule has 0 aliphatic carbocycles. The quantitative estimate of drug-likeness (QED) is 0.275. The Balaban J connectivity index is 1.56. The minimum Gasteiger partial charge on any atom is -0.486 e. The zero-order chi connectivity index (χ0) is 30.8. The predicted octanol–water partition coefficient (Wildman–Crippen LogP) is 4.82. The van der Waals surface area contributed by atoms with Gasteiger partial charge in [0.05, 0.1) is 11.9 Å². The van der Waals surface area contributed by atoms with Gasteiger partial charge in [-0.05, 0) is 48.2 Å². The highest BCUT2D eigenvalue weighted by atomic mass is 35.5. The smallest absolute Gasteiger partial charge is 0.243 e. The minimum atomic E-state index is -3.66. The number of hydrogen-bond donors (Lipinski definition) is 1. The van der Waals surface area contributed by atoms with E-state index >= 15 is 0 Å². The molecule has 1 heterocycles. The predicted molar refractivity (Wildman–Crippen MR) is 168 cm³/mol. The van der Waals surface area contributed by atoms with E-state index in [-0.39, 0.29) is 37.7 Å². The van der Waals surface area contributed by atoms with Crippen molar-refractivity contribution < 1.29 is 27.5 Å². The lowest BCUT2D eigenvalue weighted by molar-refractivity contribution is -0.141. The lowest BCUT2D eigenvalue weighted by atomic mass is 10.0. The molecular weight excluding hydrogens is 590 g/mol. The van der Waals surface area contributed by atoms with Gasteiger partial charge in [-0.2, -0.15) is 0 Å². The standard InChI is InChI=1S/C32H38ClN3O6S/c1-3-16-34-32(38)28(21-24-9-5-4-6-10-24)35(23-25-11-7-12-26(33)20-25)31(37)13-8-17-36(43(2,39)40)27-14-15-29-30(22-27)42-19-18-41-29/h4-7,9-12,14-15,20,22,28H,3,8,13,16-19,21,23H2,1-2H3,(H,34,38). The van der Waals surface area contributed by atoms with Gasteiger partial charge in [-0.15, -0.1) is 0 Å². The number of nitrogens with zero attached hydrogens (tertiary/aromatic N) is 2. The van der Waals surface area contributed by atoms with Gasteiger partial charge in [-0.3, -0.25) is 13.9 Å². The first-order chi connectivity index (χ1) is 20.7. The molecule has 11 heteroatoms. The maximum Gasteiger partial charge on any atom is 0.243 e. The molecule has 2 amide bonds. The fraction of sp³-hybridized carbons (Fsp3) is 0.375. The number of anilines is 1. The molecule has 1 aliphatic rings. The molecule has 43 heavy (non-hydrogen) atoms. The minimum absolute atomic E-state index is 0.0312. The number of amides is 2. The maximum atomic E-state index is 13.9. The molecule has 1 N–H and O–H groups in total. The molecule has 3 aromatic rings. The van der Waals surface area contributed by atoms with Crippen molar-refractivity contribution in [2.45, 2.75) is 45.2 Å². The van der Waals surface area contributed by atoms with E-state index in [1.165, 1.54) is 4.31 Å². The van der Waals surface area contributed by atoms with Gasteiger partial charge in [0.1, 0.15) is 19.3 Å². The average molecular weight is 628 g/mol. The van der Waals surface area contributed by atoms with Crippen LogP contribution in [0.2, 0.25) is 5.02 Å². The topological polar surface area (TPSA) is 105 Å². The second-order valence-electron chi connectivity index (χ2n) is 10.4. The molecule has 1 aliphatic heterocycles. The fourth-order valence-corrected chi connectivity index (χ4v) is 6.11. The highest BCUT2D eigenvalue weighted by molar-refractivity contribution is 7.92. The SMILES string of the molecule is CCCNC(=O)C(Cc1ccccc1)N(Cc1cccc(Cl)c1)C(=O)CCCN(c1ccc2c(c1)OCCO2)S(C)(=O)=O. The second kappa shape index (κ2) is 15.1. The summed E-state index contributed by atoms with van der Waals surface area (Å²) < 4.78 is 38.0. The summed E-state index contributed by atoms with van der Waals surface area (Å²) in [5.41, 5.74) is 2.14. The largest absolute Gasteiger partial charge is 0.486 e. The molecule has 1 unspecified atom stereocenters. The van der Waals surface area contributed by atoms with Crippen LogP contribution >= 0.6 is 11.6 Å². The molecular formula is C32H38ClN3O6S. The normalized spacial score (nSPS) is 13.2. The molecule has 230 valence electrons. The molecule has 0 radical (unpaired) electrons. The van der Waals surface area contributed by atoms with E-state index < -0.39 is 16.1 Å². The van der Waals surface area contributed by atoms with Gasteiger partial charge in [-0.25, -0.2) is 8.42 Å². The van der Waals surface area contributed by atoms with Crippen molar-refractivity contribution in [3.05, 3.63) is 88.9 Å². The van der Waals surface area contributed by atoms with Crippen LogP contribution in [0, 0.1) is 0 Å². The van der Waals surface area contributed by atoms with E-state index in [1.54, 1.807) is 41.3 Å². The van der Waals surface area contributed by atoms with E-state index in [2.05, 4.69) is 5.32 Å². The van der Waals surface area contributed by atoms with Gasteiger partial charge in [0.15, 0.2) is 11.5 Å². The molecule has 0 saturated carbocycles. The highest BCUT2D eigenvalue weighted by Gasteiger charge is 2.30. The van der Waals surface area contributed by atoms with E-state index in [4.69, 9.17) is 21.1 Å². The zero-order valence-electron chi connectivity index (χ0n) is 24.5. The molecule has 0 spiro atoms. The Hall–Kier alpha value is -3.76. The molecule has 3 aromatic carbocycles. The molecule has 0 fully saturated rings. The maximum absolute atomic E-state index is 13.9.